The molecule has 1 amide bonds. The van der Waals surface area contributed by atoms with Crippen LogP contribution in [-0.4, -0.2) is 19.0 Å². The second-order valence-corrected chi connectivity index (χ2v) is 4.84. The monoisotopic (exact) mass is 304 g/mol. The van der Waals surface area contributed by atoms with Crippen LogP contribution in [-0.2, 0) is 4.79 Å². The van der Waals surface area contributed by atoms with Crippen molar-refractivity contribution in [2.75, 3.05) is 12.4 Å². The minimum atomic E-state index is -0.244. The van der Waals surface area contributed by atoms with E-state index in [1.165, 1.54) is 0 Å². The highest BCUT2D eigenvalue weighted by Gasteiger charge is 2.12. The van der Waals surface area contributed by atoms with E-state index in [1.54, 1.807) is 20.0 Å². The molecule has 1 unspecified atom stereocenters. The highest BCUT2D eigenvalue weighted by molar-refractivity contribution is 9.10. The molecule has 0 bridgehead atoms. The minimum Gasteiger partial charge on any atom is -0.324 e. The SMILES string of the molecule is CNC(C)C(=O)Nc1cc(Cl)c(C)cc1Br. The van der Waals surface area contributed by atoms with Crippen molar-refractivity contribution in [1.82, 2.24) is 5.32 Å². The van der Waals surface area contributed by atoms with Crippen molar-refractivity contribution in [3.63, 3.8) is 0 Å². The number of anilines is 1. The van der Waals surface area contributed by atoms with Crippen LogP contribution in [0, 0.1) is 6.92 Å². The first-order valence-electron chi connectivity index (χ1n) is 4.89. The van der Waals surface area contributed by atoms with Crippen LogP contribution in [0.3, 0.4) is 0 Å². The van der Waals surface area contributed by atoms with Crippen molar-refractivity contribution in [2.24, 2.45) is 0 Å². The van der Waals surface area contributed by atoms with Gasteiger partial charge in [0, 0.05) is 9.50 Å². The summed E-state index contributed by atoms with van der Waals surface area (Å²) in [6, 6.07) is 3.37. The van der Waals surface area contributed by atoms with E-state index < -0.39 is 0 Å². The Bertz CT molecular complexity index is 409. The molecule has 1 aromatic rings. The van der Waals surface area contributed by atoms with E-state index in [1.807, 2.05) is 13.0 Å². The third-order valence-corrected chi connectivity index (χ3v) is 3.40. The lowest BCUT2D eigenvalue weighted by Gasteiger charge is -2.13. The molecular formula is C11H14BrClN2O. The van der Waals surface area contributed by atoms with Gasteiger partial charge < -0.3 is 10.6 Å². The molecule has 0 saturated carbocycles. The number of hydrogen-bond acceptors (Lipinski definition) is 2. The van der Waals surface area contributed by atoms with Crippen LogP contribution in [0.1, 0.15) is 12.5 Å². The molecule has 0 spiro atoms. The molecule has 0 fully saturated rings. The molecule has 1 rings (SSSR count). The molecular weight excluding hydrogens is 291 g/mol. The van der Waals surface area contributed by atoms with Crippen LogP contribution in [0.2, 0.25) is 5.02 Å². The molecule has 0 aliphatic carbocycles. The van der Waals surface area contributed by atoms with Gasteiger partial charge in [0.2, 0.25) is 5.91 Å². The predicted octanol–water partition coefficient (Wildman–Crippen LogP) is 2.96. The Labute approximate surface area is 109 Å². The average Bonchev–Trinajstić information content (AvgIpc) is 2.24. The molecule has 1 aromatic carbocycles. The van der Waals surface area contributed by atoms with Gasteiger partial charge in [-0.15, -0.1) is 0 Å². The Morgan fingerprint density at radius 1 is 1.50 bits per heavy atom. The maximum Gasteiger partial charge on any atom is 0.241 e. The van der Waals surface area contributed by atoms with Crippen molar-refractivity contribution in [3.05, 3.63) is 27.2 Å². The first kappa shape index (κ1) is 13.5. The number of halogens is 2. The first-order chi connectivity index (χ1) is 7.45. The van der Waals surface area contributed by atoms with Gasteiger partial charge in [-0.2, -0.15) is 0 Å². The van der Waals surface area contributed by atoms with Crippen molar-refractivity contribution < 1.29 is 4.79 Å². The van der Waals surface area contributed by atoms with E-state index in [9.17, 15) is 4.79 Å². The quantitative estimate of drug-likeness (QED) is 0.901. The summed E-state index contributed by atoms with van der Waals surface area (Å²) in [5.74, 6) is -0.0943. The number of amides is 1. The zero-order valence-electron chi connectivity index (χ0n) is 9.40. The molecule has 1 atom stereocenters. The van der Waals surface area contributed by atoms with Crippen molar-refractivity contribution in [1.29, 1.82) is 0 Å². The molecule has 0 aliphatic rings. The molecule has 0 saturated heterocycles. The number of benzene rings is 1. The second kappa shape index (κ2) is 5.66. The van der Waals surface area contributed by atoms with Crippen LogP contribution >= 0.6 is 27.5 Å². The molecule has 0 radical (unpaired) electrons. The molecule has 0 aliphatic heterocycles. The number of aryl methyl sites for hydroxylation is 1. The summed E-state index contributed by atoms with van der Waals surface area (Å²) in [7, 11) is 1.74. The normalized spacial score (nSPS) is 12.3. The largest absolute Gasteiger partial charge is 0.324 e. The fourth-order valence-corrected chi connectivity index (χ4v) is 1.83. The van der Waals surface area contributed by atoms with Crippen LogP contribution in [0.4, 0.5) is 5.69 Å². The molecule has 3 nitrogen and oxygen atoms in total. The van der Waals surface area contributed by atoms with Gasteiger partial charge in [-0.05, 0) is 54.5 Å². The first-order valence-corrected chi connectivity index (χ1v) is 6.06. The molecule has 5 heteroatoms. The van der Waals surface area contributed by atoms with Crippen molar-refractivity contribution >= 4 is 39.1 Å². The summed E-state index contributed by atoms with van der Waals surface area (Å²) < 4.78 is 0.825. The Kier molecular flexibility index (Phi) is 4.77. The molecule has 0 aromatic heterocycles. The topological polar surface area (TPSA) is 41.1 Å². The Balaban J connectivity index is 2.90. The van der Waals surface area contributed by atoms with Gasteiger partial charge >= 0.3 is 0 Å². The van der Waals surface area contributed by atoms with Gasteiger partial charge in [0.15, 0.2) is 0 Å². The highest BCUT2D eigenvalue weighted by Crippen LogP contribution is 2.29. The number of carbonyl (C=O) groups is 1. The number of carbonyl (C=O) groups excluding carboxylic acids is 1. The van der Waals surface area contributed by atoms with Crippen LogP contribution in [0.5, 0.6) is 0 Å². The number of rotatable bonds is 3. The number of nitrogens with one attached hydrogen (secondary N) is 2. The highest BCUT2D eigenvalue weighted by atomic mass is 79.9. The van der Waals surface area contributed by atoms with E-state index in [0.29, 0.717) is 10.7 Å². The van der Waals surface area contributed by atoms with Crippen LogP contribution < -0.4 is 10.6 Å². The molecule has 16 heavy (non-hydrogen) atoms. The Hall–Kier alpha value is -0.580. The van der Waals surface area contributed by atoms with Crippen molar-refractivity contribution in [3.8, 4) is 0 Å². The summed E-state index contributed by atoms with van der Waals surface area (Å²) in [6.45, 7) is 3.70. The second-order valence-electron chi connectivity index (χ2n) is 3.58. The molecule has 2 N–H and O–H groups in total. The van der Waals surface area contributed by atoms with Crippen molar-refractivity contribution in [2.45, 2.75) is 19.9 Å². The summed E-state index contributed by atoms with van der Waals surface area (Å²) in [4.78, 5) is 11.7. The summed E-state index contributed by atoms with van der Waals surface area (Å²) >= 11 is 9.38. The van der Waals surface area contributed by atoms with E-state index >= 15 is 0 Å². The summed E-state index contributed by atoms with van der Waals surface area (Å²) in [5, 5.41) is 6.30. The number of likely N-dealkylation sites (N-methyl/N-ethyl adjacent to an activating group) is 1. The third kappa shape index (κ3) is 3.20. The number of hydrogen-bond donors (Lipinski definition) is 2. The minimum absolute atomic E-state index is 0.0943. The summed E-state index contributed by atoms with van der Waals surface area (Å²) in [6.07, 6.45) is 0. The smallest absolute Gasteiger partial charge is 0.241 e. The lowest BCUT2D eigenvalue weighted by molar-refractivity contribution is -0.117. The van der Waals surface area contributed by atoms with Gasteiger partial charge in [-0.3, -0.25) is 4.79 Å². The fourth-order valence-electron chi connectivity index (χ4n) is 1.11. The molecule has 0 heterocycles. The fraction of sp³-hybridized carbons (Fsp3) is 0.364. The van der Waals surface area contributed by atoms with E-state index in [-0.39, 0.29) is 11.9 Å². The standard InChI is InChI=1S/C11H14BrClN2O/c1-6-4-8(12)10(5-9(6)13)15-11(16)7(2)14-3/h4-5,7,14H,1-3H3,(H,15,16). The van der Waals surface area contributed by atoms with Crippen LogP contribution in [0.15, 0.2) is 16.6 Å². The zero-order valence-corrected chi connectivity index (χ0v) is 11.7. The van der Waals surface area contributed by atoms with E-state index in [2.05, 4.69) is 26.6 Å². The predicted molar refractivity (Wildman–Crippen MR) is 71.0 cm³/mol. The molecule has 88 valence electrons. The van der Waals surface area contributed by atoms with E-state index in [4.69, 9.17) is 11.6 Å². The zero-order chi connectivity index (χ0) is 12.3. The summed E-state index contributed by atoms with van der Waals surface area (Å²) in [5.41, 5.74) is 1.65. The maximum atomic E-state index is 11.7. The lowest BCUT2D eigenvalue weighted by Crippen LogP contribution is -2.35. The van der Waals surface area contributed by atoms with Gasteiger partial charge in [-0.25, -0.2) is 0 Å². The Morgan fingerprint density at radius 3 is 2.69 bits per heavy atom. The van der Waals surface area contributed by atoms with Gasteiger partial charge in [0.05, 0.1) is 11.7 Å². The third-order valence-electron chi connectivity index (χ3n) is 2.33. The van der Waals surface area contributed by atoms with Crippen LogP contribution in [0.25, 0.3) is 0 Å². The van der Waals surface area contributed by atoms with Gasteiger partial charge in [0.1, 0.15) is 0 Å². The van der Waals surface area contributed by atoms with E-state index in [0.717, 1.165) is 10.0 Å². The van der Waals surface area contributed by atoms with Gasteiger partial charge in [0.25, 0.3) is 0 Å². The van der Waals surface area contributed by atoms with Gasteiger partial charge in [-0.1, -0.05) is 11.6 Å². The Morgan fingerprint density at radius 2 is 2.12 bits per heavy atom. The lowest BCUT2D eigenvalue weighted by atomic mass is 10.2. The average molecular weight is 306 g/mol. The maximum absolute atomic E-state index is 11.7.